The number of anilines is 2. The summed E-state index contributed by atoms with van der Waals surface area (Å²) < 4.78 is 5.24. The normalized spacial score (nSPS) is 15.5. The summed E-state index contributed by atoms with van der Waals surface area (Å²) in [5, 5.41) is 3.29. The third-order valence-electron chi connectivity index (χ3n) is 5.20. The van der Waals surface area contributed by atoms with Gasteiger partial charge in [0.2, 0.25) is 0 Å². The summed E-state index contributed by atoms with van der Waals surface area (Å²) in [6.07, 6.45) is 3.20. The van der Waals surface area contributed by atoms with Crippen LogP contribution in [-0.4, -0.2) is 27.9 Å². The van der Waals surface area contributed by atoms with Crippen molar-refractivity contribution in [3.8, 4) is 5.75 Å². The minimum absolute atomic E-state index is 0.0201. The maximum absolute atomic E-state index is 13.2. The van der Waals surface area contributed by atoms with Crippen molar-refractivity contribution in [2.24, 2.45) is 5.92 Å². The number of carbonyl (C=O) groups excluding carboxylic acids is 1. The number of amides is 1. The van der Waals surface area contributed by atoms with Gasteiger partial charge in [-0.25, -0.2) is 9.97 Å². The van der Waals surface area contributed by atoms with Crippen LogP contribution in [0.5, 0.6) is 5.75 Å². The van der Waals surface area contributed by atoms with Crippen LogP contribution in [0, 0.1) is 5.92 Å². The third kappa shape index (κ3) is 3.78. The molecular weight excluding hydrogens is 364 g/mol. The molecule has 4 rings (SSSR count). The van der Waals surface area contributed by atoms with Gasteiger partial charge in [0, 0.05) is 24.0 Å². The summed E-state index contributed by atoms with van der Waals surface area (Å²) in [4.78, 5) is 23.3. The Hall–Kier alpha value is -3.41. The number of fused-ring (bicyclic) bond motifs is 1. The van der Waals surface area contributed by atoms with E-state index in [2.05, 4.69) is 35.2 Å². The van der Waals surface area contributed by atoms with Gasteiger partial charge in [0.15, 0.2) is 0 Å². The maximum Gasteiger partial charge on any atom is 0.255 e. The summed E-state index contributed by atoms with van der Waals surface area (Å²) in [5.41, 5.74) is 3.81. The van der Waals surface area contributed by atoms with Crippen molar-refractivity contribution < 1.29 is 9.53 Å². The Morgan fingerprint density at radius 2 is 1.93 bits per heavy atom. The number of ether oxygens (including phenoxy) is 1. The first-order valence-electron chi connectivity index (χ1n) is 9.67. The zero-order chi connectivity index (χ0) is 20.4. The fourth-order valence-corrected chi connectivity index (χ4v) is 3.86. The molecule has 148 valence electrons. The molecule has 2 aromatic carbocycles. The van der Waals surface area contributed by atoms with Gasteiger partial charge in [-0.3, -0.25) is 4.79 Å². The standard InChI is InChI=1S/C23H24N4O2/c1-15(2)22-20-12-17(26-21-10-11-24-14-25-21)6-9-19(20)23(28)27(22)13-16-4-7-18(29-3)8-5-16/h4-12,14-15,22H,13H2,1-3H3,(H,24,25,26). The van der Waals surface area contributed by atoms with Crippen LogP contribution in [0.15, 0.2) is 61.1 Å². The number of nitrogens with zero attached hydrogens (tertiary/aromatic N) is 3. The number of methoxy groups -OCH3 is 1. The zero-order valence-corrected chi connectivity index (χ0v) is 16.8. The molecule has 0 spiro atoms. The van der Waals surface area contributed by atoms with Gasteiger partial charge in [0.1, 0.15) is 17.9 Å². The highest BCUT2D eigenvalue weighted by Crippen LogP contribution is 2.41. The van der Waals surface area contributed by atoms with Crippen LogP contribution in [0.4, 0.5) is 11.5 Å². The molecule has 0 saturated heterocycles. The van der Waals surface area contributed by atoms with Crippen molar-refractivity contribution in [2.75, 3.05) is 12.4 Å². The first-order chi connectivity index (χ1) is 14.1. The fraction of sp³-hybridized carbons (Fsp3) is 0.261. The van der Waals surface area contributed by atoms with Crippen LogP contribution in [-0.2, 0) is 6.54 Å². The van der Waals surface area contributed by atoms with Crippen molar-refractivity contribution in [1.82, 2.24) is 14.9 Å². The molecule has 0 saturated carbocycles. The van der Waals surface area contributed by atoms with E-state index in [1.807, 2.05) is 47.4 Å². The van der Waals surface area contributed by atoms with Crippen molar-refractivity contribution in [3.05, 3.63) is 77.7 Å². The van der Waals surface area contributed by atoms with E-state index in [4.69, 9.17) is 4.74 Å². The number of rotatable bonds is 6. The second-order valence-corrected chi connectivity index (χ2v) is 7.49. The Kier molecular flexibility index (Phi) is 5.16. The predicted octanol–water partition coefficient (Wildman–Crippen LogP) is 4.58. The van der Waals surface area contributed by atoms with E-state index in [-0.39, 0.29) is 17.9 Å². The molecular formula is C23H24N4O2. The quantitative estimate of drug-likeness (QED) is 0.669. The van der Waals surface area contributed by atoms with Crippen LogP contribution in [0.1, 0.15) is 41.4 Å². The van der Waals surface area contributed by atoms with Gasteiger partial charge in [0.05, 0.1) is 13.2 Å². The Morgan fingerprint density at radius 3 is 2.59 bits per heavy atom. The molecule has 1 N–H and O–H groups in total. The number of nitrogens with one attached hydrogen (secondary N) is 1. The zero-order valence-electron chi connectivity index (χ0n) is 16.8. The molecule has 3 aromatic rings. The number of benzene rings is 2. The van der Waals surface area contributed by atoms with E-state index in [0.717, 1.165) is 33.9 Å². The van der Waals surface area contributed by atoms with E-state index >= 15 is 0 Å². The minimum atomic E-state index is 0.0201. The van der Waals surface area contributed by atoms with E-state index in [0.29, 0.717) is 6.54 Å². The molecule has 1 aliphatic heterocycles. The van der Waals surface area contributed by atoms with Crippen LogP contribution in [0.2, 0.25) is 0 Å². The number of aromatic nitrogens is 2. The van der Waals surface area contributed by atoms with Crippen molar-refractivity contribution in [3.63, 3.8) is 0 Å². The van der Waals surface area contributed by atoms with Crippen molar-refractivity contribution in [2.45, 2.75) is 26.4 Å². The molecule has 6 heteroatoms. The number of carbonyl (C=O) groups is 1. The largest absolute Gasteiger partial charge is 0.497 e. The SMILES string of the molecule is COc1ccc(CN2C(=O)c3ccc(Nc4ccncn4)cc3C2C(C)C)cc1. The van der Waals surface area contributed by atoms with Gasteiger partial charge in [-0.2, -0.15) is 0 Å². The highest BCUT2D eigenvalue weighted by atomic mass is 16.5. The molecule has 1 amide bonds. The van der Waals surface area contributed by atoms with Crippen LogP contribution < -0.4 is 10.1 Å². The first-order valence-corrected chi connectivity index (χ1v) is 9.67. The summed E-state index contributed by atoms with van der Waals surface area (Å²) in [7, 11) is 1.65. The van der Waals surface area contributed by atoms with E-state index in [1.54, 1.807) is 13.3 Å². The van der Waals surface area contributed by atoms with Crippen LogP contribution in [0.3, 0.4) is 0 Å². The fourth-order valence-electron chi connectivity index (χ4n) is 3.86. The van der Waals surface area contributed by atoms with Gasteiger partial charge in [0.25, 0.3) is 5.91 Å². The van der Waals surface area contributed by atoms with E-state index < -0.39 is 0 Å². The van der Waals surface area contributed by atoms with Gasteiger partial charge < -0.3 is 15.0 Å². The van der Waals surface area contributed by atoms with Crippen molar-refractivity contribution in [1.29, 1.82) is 0 Å². The third-order valence-corrected chi connectivity index (χ3v) is 5.20. The summed E-state index contributed by atoms with van der Waals surface area (Å²) in [6.45, 7) is 4.87. The topological polar surface area (TPSA) is 67.3 Å². The highest BCUT2D eigenvalue weighted by Gasteiger charge is 2.38. The summed E-state index contributed by atoms with van der Waals surface area (Å²) in [5.74, 6) is 1.89. The average molecular weight is 388 g/mol. The lowest BCUT2D eigenvalue weighted by atomic mass is 9.95. The predicted molar refractivity (Wildman–Crippen MR) is 112 cm³/mol. The number of hydrogen-bond donors (Lipinski definition) is 1. The monoisotopic (exact) mass is 388 g/mol. The Balaban J connectivity index is 1.62. The molecule has 6 nitrogen and oxygen atoms in total. The first kappa shape index (κ1) is 18.9. The molecule has 2 heterocycles. The van der Waals surface area contributed by atoms with Gasteiger partial charge in [-0.1, -0.05) is 26.0 Å². The lowest BCUT2D eigenvalue weighted by molar-refractivity contribution is 0.0665. The molecule has 1 aliphatic rings. The second-order valence-electron chi connectivity index (χ2n) is 7.49. The van der Waals surface area contributed by atoms with E-state index in [9.17, 15) is 4.79 Å². The summed E-state index contributed by atoms with van der Waals surface area (Å²) in [6, 6.07) is 15.6. The smallest absolute Gasteiger partial charge is 0.255 e. The van der Waals surface area contributed by atoms with Crippen LogP contribution >= 0.6 is 0 Å². The molecule has 1 atom stereocenters. The Morgan fingerprint density at radius 1 is 1.14 bits per heavy atom. The van der Waals surface area contributed by atoms with Gasteiger partial charge in [-0.15, -0.1) is 0 Å². The Labute approximate surface area is 170 Å². The molecule has 0 aliphatic carbocycles. The number of hydrogen-bond acceptors (Lipinski definition) is 5. The minimum Gasteiger partial charge on any atom is -0.497 e. The maximum atomic E-state index is 13.2. The van der Waals surface area contributed by atoms with E-state index in [1.165, 1.54) is 6.33 Å². The van der Waals surface area contributed by atoms with Crippen molar-refractivity contribution >= 4 is 17.4 Å². The van der Waals surface area contributed by atoms with Gasteiger partial charge in [-0.05, 0) is 53.4 Å². The average Bonchev–Trinajstić information content (AvgIpc) is 3.00. The molecule has 1 unspecified atom stereocenters. The molecule has 29 heavy (non-hydrogen) atoms. The molecule has 0 fully saturated rings. The molecule has 0 bridgehead atoms. The molecule has 1 aromatic heterocycles. The second kappa shape index (κ2) is 7.91. The highest BCUT2D eigenvalue weighted by molar-refractivity contribution is 5.99. The Bertz CT molecular complexity index is 1000. The molecule has 0 radical (unpaired) electrons. The lowest BCUT2D eigenvalue weighted by Gasteiger charge is -2.28. The van der Waals surface area contributed by atoms with Gasteiger partial charge >= 0.3 is 0 Å². The van der Waals surface area contributed by atoms with Crippen LogP contribution in [0.25, 0.3) is 0 Å². The lowest BCUT2D eigenvalue weighted by Crippen LogP contribution is -2.30. The summed E-state index contributed by atoms with van der Waals surface area (Å²) >= 11 is 0.